The van der Waals surface area contributed by atoms with Crippen molar-refractivity contribution in [3.8, 4) is 5.69 Å². The molecule has 0 fully saturated rings. The molecule has 2 unspecified atom stereocenters. The standard InChI is InChI=1S/C19H24FN3O4/c1-19(2,3)18-16(9-8-14(24)10-15(25)11-17(26)27)23(22-21-18)13-6-4-12(20)5-7-13/h4-9,14-15,24-25H,10-11H2,1-3H3,(H,26,27). The van der Waals surface area contributed by atoms with Crippen LogP contribution < -0.4 is 0 Å². The number of aliphatic hydroxyl groups is 2. The van der Waals surface area contributed by atoms with Crippen LogP contribution in [0.1, 0.15) is 45.0 Å². The molecule has 0 aliphatic heterocycles. The summed E-state index contributed by atoms with van der Waals surface area (Å²) in [5.74, 6) is -1.50. The van der Waals surface area contributed by atoms with Gasteiger partial charge < -0.3 is 15.3 Å². The van der Waals surface area contributed by atoms with Crippen molar-refractivity contribution >= 4 is 12.0 Å². The molecule has 0 radical (unpaired) electrons. The lowest BCUT2D eigenvalue weighted by molar-refractivity contribution is -0.139. The molecule has 0 aliphatic carbocycles. The lowest BCUT2D eigenvalue weighted by Crippen LogP contribution is -2.19. The molecule has 2 atom stereocenters. The Labute approximate surface area is 156 Å². The van der Waals surface area contributed by atoms with Crippen molar-refractivity contribution in [2.75, 3.05) is 0 Å². The van der Waals surface area contributed by atoms with E-state index >= 15 is 0 Å². The largest absolute Gasteiger partial charge is 0.481 e. The number of aromatic nitrogens is 3. The third kappa shape index (κ3) is 5.70. The zero-order valence-electron chi connectivity index (χ0n) is 15.5. The van der Waals surface area contributed by atoms with E-state index in [4.69, 9.17) is 5.11 Å². The smallest absolute Gasteiger partial charge is 0.305 e. The van der Waals surface area contributed by atoms with Crippen LogP contribution in [0.25, 0.3) is 11.8 Å². The molecule has 0 spiro atoms. The predicted octanol–water partition coefficient (Wildman–Crippen LogP) is 2.30. The number of hydrogen-bond donors (Lipinski definition) is 3. The quantitative estimate of drug-likeness (QED) is 0.683. The molecule has 1 aromatic carbocycles. The normalized spacial score (nSPS) is 14.4. The van der Waals surface area contributed by atoms with Crippen molar-refractivity contribution in [1.82, 2.24) is 15.0 Å². The fourth-order valence-corrected chi connectivity index (χ4v) is 2.59. The molecule has 0 aliphatic rings. The number of nitrogens with zero attached hydrogens (tertiary/aromatic N) is 3. The first-order valence-corrected chi connectivity index (χ1v) is 8.56. The number of aliphatic hydroxyl groups excluding tert-OH is 2. The summed E-state index contributed by atoms with van der Waals surface area (Å²) in [6, 6.07) is 5.78. The summed E-state index contributed by atoms with van der Waals surface area (Å²) in [4.78, 5) is 10.6. The highest BCUT2D eigenvalue weighted by atomic mass is 19.1. The molecule has 0 bridgehead atoms. The van der Waals surface area contributed by atoms with Gasteiger partial charge in [0.1, 0.15) is 5.82 Å². The molecule has 0 saturated carbocycles. The molecule has 1 heterocycles. The van der Waals surface area contributed by atoms with E-state index in [1.807, 2.05) is 20.8 Å². The second kappa shape index (κ2) is 8.41. The van der Waals surface area contributed by atoms with Crippen molar-refractivity contribution in [3.63, 3.8) is 0 Å². The third-order valence-corrected chi connectivity index (χ3v) is 3.89. The van der Waals surface area contributed by atoms with Crippen LogP contribution in [0.2, 0.25) is 0 Å². The topological polar surface area (TPSA) is 108 Å². The van der Waals surface area contributed by atoms with E-state index in [1.165, 1.54) is 22.9 Å². The maximum Gasteiger partial charge on any atom is 0.305 e. The highest BCUT2D eigenvalue weighted by Crippen LogP contribution is 2.26. The van der Waals surface area contributed by atoms with Crippen LogP contribution >= 0.6 is 0 Å². The highest BCUT2D eigenvalue weighted by molar-refractivity contribution is 5.67. The van der Waals surface area contributed by atoms with Crippen molar-refractivity contribution in [3.05, 3.63) is 47.5 Å². The van der Waals surface area contributed by atoms with Gasteiger partial charge in [-0.15, -0.1) is 5.10 Å². The minimum atomic E-state index is -1.15. The van der Waals surface area contributed by atoms with Crippen molar-refractivity contribution < 1.29 is 24.5 Å². The van der Waals surface area contributed by atoms with Crippen LogP contribution in [0.15, 0.2) is 30.3 Å². The summed E-state index contributed by atoms with van der Waals surface area (Å²) in [5, 5.41) is 36.8. The minimum Gasteiger partial charge on any atom is -0.481 e. The predicted molar refractivity (Wildman–Crippen MR) is 97.9 cm³/mol. The Bertz CT molecular complexity index is 809. The Balaban J connectivity index is 2.31. The second-order valence-electron chi connectivity index (χ2n) is 7.38. The van der Waals surface area contributed by atoms with E-state index in [9.17, 15) is 19.4 Å². The zero-order valence-corrected chi connectivity index (χ0v) is 15.5. The number of benzene rings is 1. The van der Waals surface area contributed by atoms with Crippen LogP contribution in [0.4, 0.5) is 4.39 Å². The fourth-order valence-electron chi connectivity index (χ4n) is 2.59. The van der Waals surface area contributed by atoms with Crippen molar-refractivity contribution in [2.45, 2.75) is 51.2 Å². The first-order valence-electron chi connectivity index (χ1n) is 8.56. The van der Waals surface area contributed by atoms with Crippen molar-refractivity contribution in [1.29, 1.82) is 0 Å². The molecule has 7 nitrogen and oxygen atoms in total. The highest BCUT2D eigenvalue weighted by Gasteiger charge is 2.24. The number of carbonyl (C=O) groups is 1. The van der Waals surface area contributed by atoms with Gasteiger partial charge >= 0.3 is 5.97 Å². The number of halogens is 1. The number of aliphatic carboxylic acids is 1. The van der Waals surface area contributed by atoms with Gasteiger partial charge in [-0.2, -0.15) is 0 Å². The Morgan fingerprint density at radius 2 is 1.89 bits per heavy atom. The van der Waals surface area contributed by atoms with Crippen LogP contribution in [0.3, 0.4) is 0 Å². The molecule has 3 N–H and O–H groups in total. The molecular formula is C19H24FN3O4. The maximum absolute atomic E-state index is 13.2. The van der Waals surface area contributed by atoms with Gasteiger partial charge in [-0.3, -0.25) is 4.79 Å². The van der Waals surface area contributed by atoms with Gasteiger partial charge in [0.2, 0.25) is 0 Å². The lowest BCUT2D eigenvalue weighted by atomic mass is 9.90. The molecule has 8 heteroatoms. The van der Waals surface area contributed by atoms with E-state index in [1.54, 1.807) is 18.2 Å². The first kappa shape index (κ1) is 20.7. The average Bonchev–Trinajstić information content (AvgIpc) is 2.97. The summed E-state index contributed by atoms with van der Waals surface area (Å²) in [7, 11) is 0. The van der Waals surface area contributed by atoms with Gasteiger partial charge in [0.25, 0.3) is 0 Å². The molecule has 27 heavy (non-hydrogen) atoms. The summed E-state index contributed by atoms with van der Waals surface area (Å²) in [6.45, 7) is 5.91. The Hall–Kier alpha value is -2.58. The number of hydrogen-bond acceptors (Lipinski definition) is 5. The van der Waals surface area contributed by atoms with Crippen LogP contribution in [-0.4, -0.2) is 48.5 Å². The summed E-state index contributed by atoms with van der Waals surface area (Å²) < 4.78 is 14.7. The molecular weight excluding hydrogens is 353 g/mol. The maximum atomic E-state index is 13.2. The van der Waals surface area contributed by atoms with Gasteiger partial charge in [0.05, 0.1) is 35.7 Å². The van der Waals surface area contributed by atoms with Crippen LogP contribution in [0.5, 0.6) is 0 Å². The average molecular weight is 377 g/mol. The second-order valence-corrected chi connectivity index (χ2v) is 7.38. The fraction of sp³-hybridized carbons (Fsp3) is 0.421. The van der Waals surface area contributed by atoms with E-state index in [-0.39, 0.29) is 17.7 Å². The number of rotatable bonds is 7. The van der Waals surface area contributed by atoms with E-state index < -0.39 is 24.6 Å². The Kier molecular flexibility index (Phi) is 6.45. The van der Waals surface area contributed by atoms with Gasteiger partial charge in [0.15, 0.2) is 0 Å². The SMILES string of the molecule is CC(C)(C)c1nnn(-c2ccc(F)cc2)c1C=CC(O)CC(O)CC(=O)O. The molecule has 2 aromatic rings. The zero-order chi connectivity index (χ0) is 20.2. The molecule has 0 amide bonds. The third-order valence-electron chi connectivity index (χ3n) is 3.89. The Morgan fingerprint density at radius 3 is 2.44 bits per heavy atom. The lowest BCUT2D eigenvalue weighted by Gasteiger charge is -2.17. The van der Waals surface area contributed by atoms with Gasteiger partial charge in [-0.05, 0) is 30.3 Å². The van der Waals surface area contributed by atoms with Crippen molar-refractivity contribution in [2.24, 2.45) is 0 Å². The van der Waals surface area contributed by atoms with E-state index in [2.05, 4.69) is 10.3 Å². The first-order chi connectivity index (χ1) is 12.6. The van der Waals surface area contributed by atoms with Crippen LogP contribution in [-0.2, 0) is 10.2 Å². The number of carboxylic acid groups (broad SMARTS) is 1. The Morgan fingerprint density at radius 1 is 1.26 bits per heavy atom. The van der Waals surface area contributed by atoms with Crippen LogP contribution in [0, 0.1) is 5.82 Å². The minimum absolute atomic E-state index is 0.105. The molecule has 146 valence electrons. The number of carboxylic acids is 1. The molecule has 1 aromatic heterocycles. The van der Waals surface area contributed by atoms with Gasteiger partial charge in [0, 0.05) is 11.8 Å². The summed E-state index contributed by atoms with van der Waals surface area (Å²) in [5.41, 5.74) is 1.58. The molecule has 0 saturated heterocycles. The van der Waals surface area contributed by atoms with E-state index in [0.29, 0.717) is 17.1 Å². The van der Waals surface area contributed by atoms with Gasteiger partial charge in [-0.25, -0.2) is 9.07 Å². The monoisotopic (exact) mass is 377 g/mol. The summed E-state index contributed by atoms with van der Waals surface area (Å²) in [6.07, 6.45) is 0.355. The van der Waals surface area contributed by atoms with Gasteiger partial charge in [-0.1, -0.05) is 32.1 Å². The molecule has 2 rings (SSSR count). The van der Waals surface area contributed by atoms with E-state index in [0.717, 1.165) is 0 Å². The summed E-state index contributed by atoms with van der Waals surface area (Å²) >= 11 is 0.